The fourth-order valence-electron chi connectivity index (χ4n) is 5.39. The van der Waals surface area contributed by atoms with E-state index in [1.807, 2.05) is 6.07 Å². The van der Waals surface area contributed by atoms with Crippen molar-refractivity contribution in [2.45, 2.75) is 50.9 Å². The number of methoxy groups -OCH3 is 2. The molecule has 2 aliphatic rings. The summed E-state index contributed by atoms with van der Waals surface area (Å²) < 4.78 is 28.4. The standard InChI is InChI=1S/C27H31FN6O5/c1-33-12-16(11-29-33)24-22-18(14-34(26(22)35)13-15-8-9-17(38-2)10-21(15)39-3)23(28)25(32-24)30-19-6-4-5-7-20(19)31-27(36)37/h8-12,19-20,31H,4-7,13-14H2,1-3H3,(H,30,32)(H,36,37)/t19-,20+/m0/s1. The number of aryl methyl sites for hydroxylation is 1. The molecule has 2 aromatic heterocycles. The number of halogens is 1. The lowest BCUT2D eigenvalue weighted by molar-refractivity contribution is 0.0765. The highest BCUT2D eigenvalue weighted by atomic mass is 19.1. The van der Waals surface area contributed by atoms with Crippen LogP contribution in [0.4, 0.5) is 15.0 Å². The van der Waals surface area contributed by atoms with Crippen LogP contribution in [-0.4, -0.2) is 63.1 Å². The van der Waals surface area contributed by atoms with Crippen molar-refractivity contribution in [3.05, 3.63) is 53.1 Å². The molecular weight excluding hydrogens is 507 g/mol. The summed E-state index contributed by atoms with van der Waals surface area (Å²) in [5, 5.41) is 19.2. The molecule has 0 spiro atoms. The summed E-state index contributed by atoms with van der Waals surface area (Å²) in [5.74, 6) is 0.210. The Hall–Kier alpha value is -4.35. The van der Waals surface area contributed by atoms with Crippen LogP contribution in [0.25, 0.3) is 11.3 Å². The molecule has 39 heavy (non-hydrogen) atoms. The largest absolute Gasteiger partial charge is 0.497 e. The molecule has 12 heteroatoms. The van der Waals surface area contributed by atoms with Crippen LogP contribution >= 0.6 is 0 Å². The number of amides is 2. The first kappa shape index (κ1) is 26.3. The van der Waals surface area contributed by atoms with Crippen LogP contribution in [0, 0.1) is 5.82 Å². The van der Waals surface area contributed by atoms with E-state index in [0.29, 0.717) is 35.6 Å². The van der Waals surface area contributed by atoms with Crippen molar-refractivity contribution in [3.8, 4) is 22.8 Å². The molecule has 2 atom stereocenters. The van der Waals surface area contributed by atoms with Crippen LogP contribution < -0.4 is 20.1 Å². The number of rotatable bonds is 8. The van der Waals surface area contributed by atoms with Gasteiger partial charge in [0, 0.05) is 48.6 Å². The van der Waals surface area contributed by atoms with E-state index >= 15 is 4.39 Å². The van der Waals surface area contributed by atoms with Gasteiger partial charge in [0.1, 0.15) is 11.5 Å². The van der Waals surface area contributed by atoms with Gasteiger partial charge in [-0.15, -0.1) is 0 Å². The summed E-state index contributed by atoms with van der Waals surface area (Å²) in [6, 6.07) is 4.61. The highest BCUT2D eigenvalue weighted by molar-refractivity contribution is 6.04. The Labute approximate surface area is 224 Å². The smallest absolute Gasteiger partial charge is 0.404 e. The van der Waals surface area contributed by atoms with Crippen molar-refractivity contribution in [2.75, 3.05) is 19.5 Å². The lowest BCUT2D eigenvalue weighted by Gasteiger charge is -2.32. The Morgan fingerprint density at radius 2 is 1.97 bits per heavy atom. The van der Waals surface area contributed by atoms with Gasteiger partial charge in [0.25, 0.3) is 5.91 Å². The van der Waals surface area contributed by atoms with Gasteiger partial charge in [-0.25, -0.2) is 14.2 Å². The average Bonchev–Trinajstić information content (AvgIpc) is 3.50. The zero-order chi connectivity index (χ0) is 27.7. The number of ether oxygens (including phenoxy) is 2. The van der Waals surface area contributed by atoms with Crippen molar-refractivity contribution in [3.63, 3.8) is 0 Å². The SMILES string of the molecule is COc1ccc(CN2Cc3c(F)c(N[C@H]4CCCC[C@H]4NC(=O)O)nc(-c4cnn(C)c4)c3C2=O)c(OC)c1. The topological polar surface area (TPSA) is 131 Å². The Morgan fingerprint density at radius 1 is 1.21 bits per heavy atom. The molecule has 2 amide bonds. The average molecular weight is 539 g/mol. The van der Waals surface area contributed by atoms with E-state index in [2.05, 4.69) is 20.7 Å². The van der Waals surface area contributed by atoms with Gasteiger partial charge >= 0.3 is 6.09 Å². The molecule has 0 unspecified atom stereocenters. The first-order chi connectivity index (χ1) is 18.8. The fraction of sp³-hybridized carbons (Fsp3) is 0.407. The summed E-state index contributed by atoms with van der Waals surface area (Å²) in [6.07, 6.45) is 5.25. The highest BCUT2D eigenvalue weighted by Crippen LogP contribution is 2.38. The summed E-state index contributed by atoms with van der Waals surface area (Å²) >= 11 is 0. The molecule has 0 radical (unpaired) electrons. The van der Waals surface area contributed by atoms with Crippen LogP contribution in [0.2, 0.25) is 0 Å². The second kappa shape index (κ2) is 10.8. The normalized spacial score (nSPS) is 18.6. The second-order valence-corrected chi connectivity index (χ2v) is 9.81. The van der Waals surface area contributed by atoms with E-state index < -0.39 is 11.9 Å². The minimum absolute atomic E-state index is 0.00614. The maximum absolute atomic E-state index is 16.0. The third-order valence-electron chi connectivity index (χ3n) is 7.32. The first-order valence-corrected chi connectivity index (χ1v) is 12.8. The Kier molecular flexibility index (Phi) is 7.27. The van der Waals surface area contributed by atoms with Gasteiger partial charge in [-0.05, 0) is 25.0 Å². The Morgan fingerprint density at radius 3 is 2.64 bits per heavy atom. The lowest BCUT2D eigenvalue weighted by atomic mass is 9.90. The van der Waals surface area contributed by atoms with Crippen LogP contribution in [0.3, 0.4) is 0 Å². The van der Waals surface area contributed by atoms with E-state index in [1.165, 1.54) is 0 Å². The molecule has 3 heterocycles. The predicted octanol–water partition coefficient (Wildman–Crippen LogP) is 3.79. The molecule has 11 nitrogen and oxygen atoms in total. The summed E-state index contributed by atoms with van der Waals surface area (Å²) in [4.78, 5) is 31.2. The monoisotopic (exact) mass is 538 g/mol. The molecule has 1 saturated carbocycles. The van der Waals surface area contributed by atoms with Gasteiger partial charge in [-0.1, -0.05) is 12.8 Å². The summed E-state index contributed by atoms with van der Waals surface area (Å²) in [6.45, 7) is 0.240. The molecule has 1 aromatic carbocycles. The third-order valence-corrected chi connectivity index (χ3v) is 7.32. The minimum Gasteiger partial charge on any atom is -0.497 e. The maximum atomic E-state index is 16.0. The molecule has 0 bridgehead atoms. The van der Waals surface area contributed by atoms with Crippen LogP contribution in [0.15, 0.2) is 30.6 Å². The van der Waals surface area contributed by atoms with Crippen molar-refractivity contribution >= 4 is 17.8 Å². The maximum Gasteiger partial charge on any atom is 0.404 e. The van der Waals surface area contributed by atoms with Crippen molar-refractivity contribution in [2.24, 2.45) is 7.05 Å². The number of carbonyl (C=O) groups is 2. The second-order valence-electron chi connectivity index (χ2n) is 9.81. The van der Waals surface area contributed by atoms with Crippen molar-refractivity contribution < 1.29 is 28.6 Å². The Bertz CT molecular complexity index is 1410. The Balaban J connectivity index is 1.52. The number of hydrogen-bond acceptors (Lipinski definition) is 7. The van der Waals surface area contributed by atoms with Gasteiger partial charge < -0.3 is 30.1 Å². The van der Waals surface area contributed by atoms with Crippen LogP contribution in [-0.2, 0) is 20.1 Å². The van der Waals surface area contributed by atoms with Crippen LogP contribution in [0.5, 0.6) is 11.5 Å². The molecule has 1 fully saturated rings. The first-order valence-electron chi connectivity index (χ1n) is 12.8. The number of carboxylic acid groups (broad SMARTS) is 1. The zero-order valence-corrected chi connectivity index (χ0v) is 22.0. The number of benzene rings is 1. The lowest BCUT2D eigenvalue weighted by Crippen LogP contribution is -2.48. The van der Waals surface area contributed by atoms with Gasteiger partial charge in [0.15, 0.2) is 11.6 Å². The van der Waals surface area contributed by atoms with E-state index in [9.17, 15) is 14.7 Å². The quantitative estimate of drug-likeness (QED) is 0.395. The summed E-state index contributed by atoms with van der Waals surface area (Å²) in [5.41, 5.74) is 2.09. The van der Waals surface area contributed by atoms with Gasteiger partial charge in [-0.2, -0.15) is 5.10 Å². The van der Waals surface area contributed by atoms with E-state index in [1.54, 1.807) is 55.4 Å². The van der Waals surface area contributed by atoms with Crippen LogP contribution in [0.1, 0.15) is 47.2 Å². The molecular formula is C27H31FN6O5. The van der Waals surface area contributed by atoms with Gasteiger partial charge in [0.2, 0.25) is 0 Å². The molecule has 0 saturated heterocycles. The highest BCUT2D eigenvalue weighted by Gasteiger charge is 2.37. The van der Waals surface area contributed by atoms with Crippen molar-refractivity contribution in [1.29, 1.82) is 0 Å². The van der Waals surface area contributed by atoms with Gasteiger partial charge in [0.05, 0.1) is 44.3 Å². The van der Waals surface area contributed by atoms with E-state index in [4.69, 9.17) is 9.47 Å². The molecule has 3 aromatic rings. The zero-order valence-electron chi connectivity index (χ0n) is 22.0. The van der Waals surface area contributed by atoms with E-state index in [0.717, 1.165) is 18.4 Å². The fourth-order valence-corrected chi connectivity index (χ4v) is 5.39. The minimum atomic E-state index is -1.12. The number of pyridine rings is 1. The van der Waals surface area contributed by atoms with Gasteiger partial charge in [-0.3, -0.25) is 9.48 Å². The third kappa shape index (κ3) is 5.18. The molecule has 1 aliphatic carbocycles. The summed E-state index contributed by atoms with van der Waals surface area (Å²) in [7, 11) is 4.85. The van der Waals surface area contributed by atoms with Crippen molar-refractivity contribution in [1.82, 2.24) is 25.0 Å². The predicted molar refractivity (Wildman–Crippen MR) is 140 cm³/mol. The number of hydrogen-bond donors (Lipinski definition) is 3. The number of carbonyl (C=O) groups excluding carboxylic acids is 1. The number of aromatic nitrogens is 3. The number of fused-ring (bicyclic) bond motifs is 1. The molecule has 1 aliphatic heterocycles. The van der Waals surface area contributed by atoms with E-state index in [-0.39, 0.29) is 48.0 Å². The molecule has 206 valence electrons. The molecule has 3 N–H and O–H groups in total. The molecule has 5 rings (SSSR count). The number of nitrogens with one attached hydrogen (secondary N) is 2. The number of nitrogens with zero attached hydrogens (tertiary/aromatic N) is 4. The number of anilines is 1.